The van der Waals surface area contributed by atoms with Crippen LogP contribution in [0.5, 0.6) is 0 Å². The Morgan fingerprint density at radius 1 is 1.12 bits per heavy atom. The molecule has 1 heterocycles. The molecule has 4 rings (SSSR count). The van der Waals surface area contributed by atoms with Crippen molar-refractivity contribution in [2.45, 2.75) is 71.8 Å². The molecule has 2 unspecified atom stereocenters. The molecule has 2 atom stereocenters. The number of likely N-dealkylation sites (N-methyl/N-ethyl adjacent to an activating group) is 1. The quantitative estimate of drug-likeness (QED) is 0.0419. The summed E-state index contributed by atoms with van der Waals surface area (Å²) in [5.74, 6) is -0.148. The molecule has 0 radical (unpaired) electrons. The summed E-state index contributed by atoms with van der Waals surface area (Å²) in [6.07, 6.45) is 6.65. The zero-order valence-electron chi connectivity index (χ0n) is 30.0. The lowest BCUT2D eigenvalue weighted by atomic mass is 10.0. The fourth-order valence-corrected chi connectivity index (χ4v) is 4.40. The maximum atomic E-state index is 13.7. The van der Waals surface area contributed by atoms with Gasteiger partial charge in [-0.2, -0.15) is 27.8 Å². The van der Waals surface area contributed by atoms with Gasteiger partial charge in [-0.3, -0.25) is 9.79 Å². The van der Waals surface area contributed by atoms with Crippen LogP contribution in [-0.2, 0) is 14.3 Å². The van der Waals surface area contributed by atoms with Gasteiger partial charge in [-0.05, 0) is 60.8 Å². The number of carbonyl (C=O) groups excluding carboxylic acids is 2. The summed E-state index contributed by atoms with van der Waals surface area (Å²) < 4.78 is 58.6. The molecule has 1 aliphatic rings. The van der Waals surface area contributed by atoms with Gasteiger partial charge in [-0.15, -0.1) is 0 Å². The number of aliphatic imine (C=N–C) groups is 2. The summed E-state index contributed by atoms with van der Waals surface area (Å²) in [5.41, 5.74) is 8.38. The number of rotatable bonds is 15. The molecule has 1 aliphatic carbocycles. The van der Waals surface area contributed by atoms with Gasteiger partial charge in [0.2, 0.25) is 0 Å². The van der Waals surface area contributed by atoms with Crippen LogP contribution in [0, 0.1) is 5.41 Å². The fraction of sp³-hybridized carbons (Fsp3) is 0.429. The van der Waals surface area contributed by atoms with Gasteiger partial charge in [0.1, 0.15) is 25.3 Å². The lowest BCUT2D eigenvalue weighted by Gasteiger charge is -2.30. The Morgan fingerprint density at radius 2 is 1.73 bits per heavy atom. The van der Waals surface area contributed by atoms with Gasteiger partial charge in [-0.25, -0.2) is 14.7 Å². The van der Waals surface area contributed by atoms with Crippen molar-refractivity contribution in [3.05, 3.63) is 71.0 Å². The molecule has 0 bridgehead atoms. The number of ether oxygens (including phenoxy) is 1. The number of nitrogens with zero attached hydrogens (tertiary/aromatic N) is 7. The fourth-order valence-electron chi connectivity index (χ4n) is 4.20. The lowest BCUT2D eigenvalue weighted by Crippen LogP contribution is -2.39. The number of hydrogen-bond acceptors (Lipinski definition) is 8. The van der Waals surface area contributed by atoms with Gasteiger partial charge in [-0.1, -0.05) is 69.6 Å². The largest absolute Gasteiger partial charge is 0.465 e. The Balaban J connectivity index is 0.000000811. The van der Waals surface area contributed by atoms with Gasteiger partial charge in [0, 0.05) is 24.8 Å². The molecular weight excluding hydrogens is 706 g/mol. The van der Waals surface area contributed by atoms with Crippen LogP contribution in [0.4, 0.5) is 23.2 Å². The van der Waals surface area contributed by atoms with E-state index >= 15 is 0 Å². The molecular formula is C35H46ClF4N9O3. The number of nitrogens with two attached hydrogens (primary N) is 1. The third-order valence-electron chi connectivity index (χ3n) is 6.97. The number of aldehydes is 1. The average molecular weight is 752 g/mol. The number of aromatic nitrogens is 2. The highest BCUT2D eigenvalue weighted by Gasteiger charge is 2.25. The number of nitrogens with one attached hydrogen (secondary N) is 1. The van der Waals surface area contributed by atoms with E-state index < -0.39 is 25.2 Å². The maximum Gasteiger partial charge on any atom is 0.333 e. The second-order valence-corrected chi connectivity index (χ2v) is 13.4. The Kier molecular flexibility index (Phi) is 17.4. The summed E-state index contributed by atoms with van der Waals surface area (Å²) >= 11 is 6.16. The molecule has 1 saturated carbocycles. The molecule has 0 saturated heterocycles. The predicted octanol–water partition coefficient (Wildman–Crippen LogP) is 7.09. The third kappa shape index (κ3) is 14.4. The minimum atomic E-state index is -3.08. The Morgan fingerprint density at radius 3 is 2.19 bits per heavy atom. The Labute approximate surface area is 306 Å². The first-order valence-corrected chi connectivity index (χ1v) is 16.4. The highest BCUT2D eigenvalue weighted by Crippen LogP contribution is 2.33. The molecule has 284 valence electrons. The zero-order chi connectivity index (χ0) is 39.0. The first-order valence-electron chi connectivity index (χ1n) is 16.1. The number of hydrazone groups is 1. The van der Waals surface area contributed by atoms with Gasteiger partial charge in [0.15, 0.2) is 5.96 Å². The van der Waals surface area contributed by atoms with Gasteiger partial charge >= 0.3 is 13.1 Å². The van der Waals surface area contributed by atoms with Crippen molar-refractivity contribution in [1.82, 2.24) is 20.0 Å². The van der Waals surface area contributed by atoms with Crippen LogP contribution in [0.3, 0.4) is 0 Å². The number of hydrogen-bond donors (Lipinski definition) is 2. The van der Waals surface area contributed by atoms with E-state index in [2.05, 4.69) is 59.9 Å². The van der Waals surface area contributed by atoms with Crippen molar-refractivity contribution >= 4 is 49.1 Å². The molecule has 0 aliphatic heterocycles. The molecule has 1 fully saturated rings. The molecule has 52 heavy (non-hydrogen) atoms. The standard InChI is InChI=1S/C26H25ClF4N8O3.C5H12.C4H9N/c1-33-14-35-39(25(30)31)22-9-18(7-8-20(22)27)23(13-42-15-41)37(2)26(32)36-21(12-40)17-5-3-16(4-6-17)19-10-34-38(11-19)24(28)29;1-5(2,3)4;1-5-4-2-3-4/h3-12,14-15,21,23-25H,1,13H2,2H3,(H2,32,36);1-4H3;4-5H,2-3H2,1H3/b35-14-;;. The second kappa shape index (κ2) is 20.9. The highest BCUT2D eigenvalue weighted by atomic mass is 35.5. The van der Waals surface area contributed by atoms with Crippen molar-refractivity contribution in [2.75, 3.05) is 25.7 Å². The molecule has 0 amide bonds. The molecule has 2 aromatic carbocycles. The number of halogens is 5. The van der Waals surface area contributed by atoms with E-state index in [-0.39, 0.29) is 29.7 Å². The second-order valence-electron chi connectivity index (χ2n) is 13.0. The van der Waals surface area contributed by atoms with Crippen LogP contribution in [-0.4, -0.2) is 79.7 Å². The van der Waals surface area contributed by atoms with Crippen LogP contribution in [0.25, 0.3) is 11.1 Å². The first-order chi connectivity index (χ1) is 24.5. The van der Waals surface area contributed by atoms with E-state index in [0.29, 0.717) is 43.6 Å². The lowest BCUT2D eigenvalue weighted by molar-refractivity contribution is -0.130. The predicted molar refractivity (Wildman–Crippen MR) is 197 cm³/mol. The van der Waals surface area contributed by atoms with Crippen molar-refractivity contribution in [1.29, 1.82) is 0 Å². The number of alkyl halides is 4. The van der Waals surface area contributed by atoms with Crippen molar-refractivity contribution in [3.8, 4) is 11.1 Å². The molecule has 12 nitrogen and oxygen atoms in total. The van der Waals surface area contributed by atoms with Crippen molar-refractivity contribution < 1.29 is 31.9 Å². The Bertz CT molecular complexity index is 1620. The van der Waals surface area contributed by atoms with E-state index in [0.717, 1.165) is 12.4 Å². The average Bonchev–Trinajstić information content (AvgIpc) is 3.81. The summed E-state index contributed by atoms with van der Waals surface area (Å²) in [4.78, 5) is 31.9. The van der Waals surface area contributed by atoms with E-state index in [1.165, 1.54) is 55.4 Å². The van der Waals surface area contributed by atoms with Crippen LogP contribution in [0.15, 0.2) is 69.9 Å². The first kappa shape index (κ1) is 43.3. The normalized spacial score (nSPS) is 14.1. The number of benzene rings is 2. The minimum absolute atomic E-state index is 0.0503. The smallest absolute Gasteiger partial charge is 0.333 e. The van der Waals surface area contributed by atoms with Crippen LogP contribution in [0.1, 0.15) is 70.3 Å². The molecule has 0 spiro atoms. The SMILES string of the molecule is C=N/C=N\N(c1cc(C(COC=O)N(C)C(N)=NC(C=O)c2ccc(-c3cnn(C(F)F)c3)cc2)ccc1Cl)C(F)F.CC(C)(C)C.CNC1CC1. The third-order valence-corrected chi connectivity index (χ3v) is 7.29. The summed E-state index contributed by atoms with van der Waals surface area (Å²) in [5, 5.41) is 10.6. The molecule has 1 aromatic heterocycles. The summed E-state index contributed by atoms with van der Waals surface area (Å²) in [6.45, 7) is 6.00. The van der Waals surface area contributed by atoms with Gasteiger partial charge in [0.25, 0.3) is 6.47 Å². The topological polar surface area (TPSA) is 143 Å². The van der Waals surface area contributed by atoms with Gasteiger partial charge in [0.05, 0.1) is 22.9 Å². The van der Waals surface area contributed by atoms with E-state index in [9.17, 15) is 27.2 Å². The number of carbonyl (C=O) groups is 2. The van der Waals surface area contributed by atoms with E-state index in [1.54, 1.807) is 24.3 Å². The minimum Gasteiger partial charge on any atom is -0.465 e. The van der Waals surface area contributed by atoms with E-state index in [1.807, 2.05) is 7.05 Å². The van der Waals surface area contributed by atoms with Crippen molar-refractivity contribution in [2.24, 2.45) is 26.2 Å². The zero-order valence-corrected chi connectivity index (χ0v) is 30.7. The summed E-state index contributed by atoms with van der Waals surface area (Å²) in [6, 6.07) is 9.55. The van der Waals surface area contributed by atoms with Crippen LogP contribution in [0.2, 0.25) is 5.02 Å². The van der Waals surface area contributed by atoms with Crippen molar-refractivity contribution in [3.63, 3.8) is 0 Å². The monoisotopic (exact) mass is 751 g/mol. The molecule has 17 heteroatoms. The molecule has 3 N–H and O–H groups in total. The summed E-state index contributed by atoms with van der Waals surface area (Å²) in [7, 11) is 3.51. The highest BCUT2D eigenvalue weighted by molar-refractivity contribution is 6.33. The molecule has 3 aromatic rings. The number of anilines is 1. The van der Waals surface area contributed by atoms with Gasteiger partial charge < -0.3 is 25.5 Å². The van der Waals surface area contributed by atoms with Crippen LogP contribution < -0.4 is 16.1 Å². The Hall–Kier alpha value is -4.83. The maximum absolute atomic E-state index is 13.7. The van der Waals surface area contributed by atoms with Crippen LogP contribution >= 0.6 is 11.6 Å². The van der Waals surface area contributed by atoms with E-state index in [4.69, 9.17) is 22.1 Å². The number of guanidine groups is 1.